The first-order chi connectivity index (χ1) is 10.5. The van der Waals surface area contributed by atoms with Gasteiger partial charge in [0.25, 0.3) is 0 Å². The Hall–Kier alpha value is -2.70. The lowest BCUT2D eigenvalue weighted by Gasteiger charge is -2.18. The Bertz CT molecular complexity index is 641. The zero-order chi connectivity index (χ0) is 16.1. The van der Waals surface area contributed by atoms with Crippen molar-refractivity contribution in [3.05, 3.63) is 54.1 Å². The zero-order valence-corrected chi connectivity index (χ0v) is 11.9. The monoisotopic (exact) mass is 305 g/mol. The minimum absolute atomic E-state index is 0.0766. The van der Waals surface area contributed by atoms with Gasteiger partial charge in [-0.15, -0.1) is 0 Å². The molecule has 0 spiro atoms. The summed E-state index contributed by atoms with van der Waals surface area (Å²) in [4.78, 5) is 23.4. The number of hydrogen-bond acceptors (Lipinski definition) is 3. The highest BCUT2D eigenvalue weighted by Crippen LogP contribution is 2.08. The zero-order valence-electron chi connectivity index (χ0n) is 11.9. The molecule has 6 nitrogen and oxygen atoms in total. The number of nitrogens with zero attached hydrogens (tertiary/aromatic N) is 2. The van der Waals surface area contributed by atoms with E-state index in [4.69, 9.17) is 0 Å². The Morgan fingerprint density at radius 1 is 1.36 bits per heavy atom. The largest absolute Gasteiger partial charge is 0.480 e. The van der Waals surface area contributed by atoms with Crippen molar-refractivity contribution < 1.29 is 19.1 Å². The van der Waals surface area contributed by atoms with Gasteiger partial charge in [0.2, 0.25) is 5.91 Å². The molecule has 1 amide bonds. The van der Waals surface area contributed by atoms with Crippen LogP contribution in [0.15, 0.2) is 42.7 Å². The highest BCUT2D eigenvalue weighted by molar-refractivity contribution is 5.85. The van der Waals surface area contributed by atoms with Gasteiger partial charge < -0.3 is 10.4 Å². The van der Waals surface area contributed by atoms with Crippen molar-refractivity contribution >= 4 is 11.9 Å². The van der Waals surface area contributed by atoms with Gasteiger partial charge >= 0.3 is 5.97 Å². The molecule has 0 saturated heterocycles. The normalized spacial score (nSPS) is 13.4. The van der Waals surface area contributed by atoms with Gasteiger partial charge in [0.1, 0.15) is 17.9 Å². The molecule has 0 radical (unpaired) electrons. The summed E-state index contributed by atoms with van der Waals surface area (Å²) in [6, 6.07) is 5.46. The minimum Gasteiger partial charge on any atom is -0.480 e. The Labute approximate surface area is 126 Å². The van der Waals surface area contributed by atoms with Crippen LogP contribution in [0.4, 0.5) is 4.39 Å². The SMILES string of the molecule is C[C@@H](C(=O)N[C@@H](Cc1ccc(F)cc1)C(=O)O)n1cccn1. The molecule has 2 aromatic rings. The van der Waals surface area contributed by atoms with Crippen molar-refractivity contribution in [1.82, 2.24) is 15.1 Å². The lowest BCUT2D eigenvalue weighted by Crippen LogP contribution is -2.45. The third kappa shape index (κ3) is 3.91. The number of aliphatic carboxylic acids is 1. The summed E-state index contributed by atoms with van der Waals surface area (Å²) in [5.41, 5.74) is 0.626. The van der Waals surface area contributed by atoms with Crippen molar-refractivity contribution in [3.8, 4) is 0 Å². The first-order valence-corrected chi connectivity index (χ1v) is 6.74. The number of carbonyl (C=O) groups is 2. The maximum absolute atomic E-state index is 12.9. The van der Waals surface area contributed by atoms with Crippen LogP contribution in [0.3, 0.4) is 0 Å². The van der Waals surface area contributed by atoms with E-state index < -0.39 is 29.8 Å². The first-order valence-electron chi connectivity index (χ1n) is 6.74. The van der Waals surface area contributed by atoms with Gasteiger partial charge in [0, 0.05) is 18.8 Å². The number of carbonyl (C=O) groups excluding carboxylic acids is 1. The molecule has 2 rings (SSSR count). The molecule has 7 heteroatoms. The van der Waals surface area contributed by atoms with E-state index >= 15 is 0 Å². The van der Waals surface area contributed by atoms with Gasteiger partial charge in [0.05, 0.1) is 0 Å². The Morgan fingerprint density at radius 2 is 2.05 bits per heavy atom. The molecule has 2 N–H and O–H groups in total. The summed E-state index contributed by atoms with van der Waals surface area (Å²) >= 11 is 0. The number of carboxylic acids is 1. The molecule has 0 unspecified atom stereocenters. The number of hydrogen-bond donors (Lipinski definition) is 2. The molecule has 0 aliphatic carbocycles. The molecule has 1 aromatic carbocycles. The summed E-state index contributed by atoms with van der Waals surface area (Å²) in [7, 11) is 0. The van der Waals surface area contributed by atoms with E-state index in [1.807, 2.05) is 0 Å². The van der Waals surface area contributed by atoms with Crippen LogP contribution in [0.2, 0.25) is 0 Å². The van der Waals surface area contributed by atoms with Crippen LogP contribution >= 0.6 is 0 Å². The Kier molecular flexibility index (Phi) is 4.88. The second-order valence-electron chi connectivity index (χ2n) is 4.89. The van der Waals surface area contributed by atoms with E-state index in [0.717, 1.165) is 0 Å². The van der Waals surface area contributed by atoms with Crippen LogP contribution in [0, 0.1) is 5.82 Å². The van der Waals surface area contributed by atoms with Gasteiger partial charge in [-0.2, -0.15) is 5.10 Å². The van der Waals surface area contributed by atoms with Gasteiger partial charge in [-0.05, 0) is 30.7 Å². The van der Waals surface area contributed by atoms with Gasteiger partial charge in [-0.1, -0.05) is 12.1 Å². The van der Waals surface area contributed by atoms with Crippen LogP contribution in [-0.4, -0.2) is 32.8 Å². The van der Waals surface area contributed by atoms with Gasteiger partial charge in [-0.3, -0.25) is 9.48 Å². The van der Waals surface area contributed by atoms with Gasteiger partial charge in [0.15, 0.2) is 0 Å². The third-order valence-corrected chi connectivity index (χ3v) is 3.27. The maximum Gasteiger partial charge on any atom is 0.326 e. The number of rotatable bonds is 6. The van der Waals surface area contributed by atoms with Gasteiger partial charge in [-0.25, -0.2) is 9.18 Å². The fourth-order valence-corrected chi connectivity index (χ4v) is 1.98. The second-order valence-corrected chi connectivity index (χ2v) is 4.89. The van der Waals surface area contributed by atoms with Crippen molar-refractivity contribution in [2.45, 2.75) is 25.4 Å². The summed E-state index contributed by atoms with van der Waals surface area (Å²) in [6.45, 7) is 1.62. The number of benzene rings is 1. The minimum atomic E-state index is -1.15. The Morgan fingerprint density at radius 3 is 2.59 bits per heavy atom. The van der Waals surface area contributed by atoms with E-state index in [-0.39, 0.29) is 6.42 Å². The molecular weight excluding hydrogens is 289 g/mol. The fourth-order valence-electron chi connectivity index (χ4n) is 1.98. The van der Waals surface area contributed by atoms with Crippen molar-refractivity contribution in [2.75, 3.05) is 0 Å². The van der Waals surface area contributed by atoms with Crippen LogP contribution in [-0.2, 0) is 16.0 Å². The average Bonchev–Trinajstić information content (AvgIpc) is 3.02. The fraction of sp³-hybridized carbons (Fsp3) is 0.267. The van der Waals surface area contributed by atoms with E-state index in [1.54, 1.807) is 19.2 Å². The summed E-state index contributed by atoms with van der Waals surface area (Å²) in [5, 5.41) is 15.7. The molecule has 0 aliphatic heterocycles. The highest BCUT2D eigenvalue weighted by Gasteiger charge is 2.24. The second kappa shape index (κ2) is 6.84. The van der Waals surface area contributed by atoms with E-state index in [0.29, 0.717) is 5.56 Å². The summed E-state index contributed by atoms with van der Waals surface area (Å²) < 4.78 is 14.3. The molecule has 2 atom stereocenters. The highest BCUT2D eigenvalue weighted by atomic mass is 19.1. The van der Waals surface area contributed by atoms with E-state index in [1.165, 1.54) is 35.1 Å². The van der Waals surface area contributed by atoms with Crippen LogP contribution in [0.5, 0.6) is 0 Å². The van der Waals surface area contributed by atoms with E-state index in [2.05, 4.69) is 10.4 Å². The number of aromatic nitrogens is 2. The molecule has 0 aliphatic rings. The van der Waals surface area contributed by atoms with Crippen LogP contribution in [0.1, 0.15) is 18.5 Å². The quantitative estimate of drug-likeness (QED) is 0.845. The average molecular weight is 305 g/mol. The molecular formula is C15H16FN3O3. The smallest absolute Gasteiger partial charge is 0.326 e. The maximum atomic E-state index is 12.9. The molecule has 22 heavy (non-hydrogen) atoms. The van der Waals surface area contributed by atoms with E-state index in [9.17, 15) is 19.1 Å². The summed E-state index contributed by atoms with van der Waals surface area (Å²) in [5.74, 6) is -1.99. The lowest BCUT2D eigenvalue weighted by molar-refractivity contribution is -0.142. The molecule has 0 bridgehead atoms. The molecule has 0 fully saturated rings. The number of nitrogens with one attached hydrogen (secondary N) is 1. The number of amides is 1. The summed E-state index contributed by atoms with van der Waals surface area (Å²) in [6.07, 6.45) is 3.24. The molecule has 0 saturated carbocycles. The molecule has 1 aromatic heterocycles. The number of carboxylic acid groups (broad SMARTS) is 1. The lowest BCUT2D eigenvalue weighted by atomic mass is 10.1. The number of halogens is 1. The standard InChI is InChI=1S/C15H16FN3O3/c1-10(19-8-2-7-17-19)14(20)18-13(15(21)22)9-11-3-5-12(16)6-4-11/h2-8,10,13H,9H2,1H3,(H,18,20)(H,21,22)/t10-,13-/m0/s1. The van der Waals surface area contributed by atoms with Crippen molar-refractivity contribution in [2.24, 2.45) is 0 Å². The predicted octanol–water partition coefficient (Wildman–Crippen LogP) is 1.40. The Balaban J connectivity index is 2.04. The molecule has 116 valence electrons. The third-order valence-electron chi connectivity index (χ3n) is 3.27. The molecule has 1 heterocycles. The van der Waals surface area contributed by atoms with Crippen LogP contribution < -0.4 is 5.32 Å². The topological polar surface area (TPSA) is 84.2 Å². The predicted molar refractivity (Wildman–Crippen MR) is 76.6 cm³/mol. The van der Waals surface area contributed by atoms with Crippen molar-refractivity contribution in [1.29, 1.82) is 0 Å². The first kappa shape index (κ1) is 15.7. The van der Waals surface area contributed by atoms with Crippen LogP contribution in [0.25, 0.3) is 0 Å². The van der Waals surface area contributed by atoms with Crippen molar-refractivity contribution in [3.63, 3.8) is 0 Å².